The van der Waals surface area contributed by atoms with E-state index >= 15 is 0 Å². The zero-order valence-corrected chi connectivity index (χ0v) is 8.52. The Hall–Kier alpha value is -1.35. The second-order valence-electron chi connectivity index (χ2n) is 4.30. The summed E-state index contributed by atoms with van der Waals surface area (Å²) < 4.78 is 0. The van der Waals surface area contributed by atoms with Crippen molar-refractivity contribution in [3.8, 4) is 0 Å². The van der Waals surface area contributed by atoms with Crippen molar-refractivity contribution in [3.63, 3.8) is 0 Å². The molecule has 0 aromatic rings. The van der Waals surface area contributed by atoms with Gasteiger partial charge in [0.15, 0.2) is 0 Å². The van der Waals surface area contributed by atoms with Crippen LogP contribution >= 0.6 is 0 Å². The minimum absolute atomic E-state index is 0.0784. The molecule has 0 aromatic carbocycles. The highest BCUT2D eigenvalue weighted by Gasteiger charge is 2.53. The molecule has 0 spiro atoms. The third kappa shape index (κ3) is 1.51. The molecule has 1 fully saturated rings. The van der Waals surface area contributed by atoms with Gasteiger partial charge in [0.25, 0.3) is 0 Å². The molecule has 1 aliphatic rings. The third-order valence-corrected chi connectivity index (χ3v) is 3.20. The molecule has 2 atom stereocenters. The van der Waals surface area contributed by atoms with Crippen LogP contribution in [0.2, 0.25) is 0 Å². The molecule has 5 nitrogen and oxygen atoms in total. The summed E-state index contributed by atoms with van der Waals surface area (Å²) in [6.45, 7) is 5.25. The summed E-state index contributed by atoms with van der Waals surface area (Å²) in [5, 5.41) is 3.07. The third-order valence-electron chi connectivity index (χ3n) is 3.20. The van der Waals surface area contributed by atoms with Crippen LogP contribution in [0.1, 0.15) is 27.2 Å². The van der Waals surface area contributed by atoms with Gasteiger partial charge in [0, 0.05) is 16.7 Å². The van der Waals surface area contributed by atoms with Crippen molar-refractivity contribution in [1.82, 2.24) is 0 Å². The molecule has 5 heteroatoms. The van der Waals surface area contributed by atoms with Crippen molar-refractivity contribution in [2.24, 2.45) is 22.4 Å². The van der Waals surface area contributed by atoms with E-state index in [-0.39, 0.29) is 23.0 Å². The first-order valence-electron chi connectivity index (χ1n) is 4.50. The zero-order chi connectivity index (χ0) is 10.9. The highest BCUT2D eigenvalue weighted by molar-refractivity contribution is 5.87. The van der Waals surface area contributed by atoms with Crippen LogP contribution in [0.5, 0.6) is 0 Å². The molecule has 1 saturated carbocycles. The van der Waals surface area contributed by atoms with Crippen molar-refractivity contribution < 1.29 is 9.59 Å². The fourth-order valence-corrected chi connectivity index (χ4v) is 2.15. The smallest absolute Gasteiger partial charge is 0.222 e. The Bertz CT molecular complexity index is 329. The molecule has 1 aliphatic carbocycles. The topological polar surface area (TPSA) is 82.9 Å². The van der Waals surface area contributed by atoms with E-state index in [1.807, 2.05) is 13.8 Å². The predicted molar refractivity (Wildman–Crippen MR) is 50.2 cm³/mol. The van der Waals surface area contributed by atoms with Gasteiger partial charge in [0.1, 0.15) is 5.78 Å². The largest absolute Gasteiger partial charge is 0.300 e. The predicted octanol–water partition coefficient (Wildman–Crippen LogP) is 2.07. The van der Waals surface area contributed by atoms with E-state index in [0.717, 1.165) is 0 Å². The summed E-state index contributed by atoms with van der Waals surface area (Å²) in [5.74, 6) is -0.729. The van der Waals surface area contributed by atoms with E-state index in [1.165, 1.54) is 6.92 Å². The number of azide groups is 1. The molecule has 0 aromatic heterocycles. The first kappa shape index (κ1) is 10.7. The Morgan fingerprint density at radius 3 is 2.36 bits per heavy atom. The normalized spacial score (nSPS) is 28.5. The average molecular weight is 195 g/mol. The Kier molecular flexibility index (Phi) is 2.62. The van der Waals surface area contributed by atoms with Gasteiger partial charge in [-0.25, -0.2) is 0 Å². The molecular formula is C9H13N3O2. The van der Waals surface area contributed by atoms with E-state index < -0.39 is 5.91 Å². The molecule has 0 radical (unpaired) electrons. The summed E-state index contributed by atoms with van der Waals surface area (Å²) in [5.41, 5.74) is 7.76. The maximum absolute atomic E-state index is 11.3. The van der Waals surface area contributed by atoms with E-state index in [2.05, 4.69) is 10.0 Å². The minimum atomic E-state index is -0.449. The lowest BCUT2D eigenvalue weighted by atomic mass is 9.53. The number of hydrogen-bond donors (Lipinski definition) is 0. The summed E-state index contributed by atoms with van der Waals surface area (Å²) in [6, 6.07) is 0. The highest BCUT2D eigenvalue weighted by Crippen LogP contribution is 2.52. The lowest BCUT2D eigenvalue weighted by Gasteiger charge is -2.49. The van der Waals surface area contributed by atoms with Crippen LogP contribution in [0.15, 0.2) is 5.11 Å². The van der Waals surface area contributed by atoms with E-state index in [4.69, 9.17) is 5.53 Å². The van der Waals surface area contributed by atoms with Crippen LogP contribution in [0.4, 0.5) is 0 Å². The van der Waals surface area contributed by atoms with Gasteiger partial charge in [-0.2, -0.15) is 0 Å². The van der Waals surface area contributed by atoms with Crippen LogP contribution in [0, 0.1) is 17.3 Å². The molecule has 0 N–H and O–H groups in total. The molecule has 0 saturated heterocycles. The van der Waals surface area contributed by atoms with Gasteiger partial charge in [-0.1, -0.05) is 13.8 Å². The van der Waals surface area contributed by atoms with Crippen molar-refractivity contribution in [1.29, 1.82) is 0 Å². The number of amides is 1. The van der Waals surface area contributed by atoms with Gasteiger partial charge in [0.2, 0.25) is 5.91 Å². The van der Waals surface area contributed by atoms with Crippen LogP contribution in [-0.4, -0.2) is 11.7 Å². The maximum atomic E-state index is 11.3. The quantitative estimate of drug-likeness (QED) is 0.384. The molecule has 0 unspecified atom stereocenters. The van der Waals surface area contributed by atoms with Crippen LogP contribution in [0.25, 0.3) is 10.4 Å². The summed E-state index contributed by atoms with van der Waals surface area (Å²) in [4.78, 5) is 24.9. The molecule has 1 rings (SSSR count). The number of rotatable bonds is 2. The Labute approximate surface area is 82.1 Å². The number of carbonyl (C=O) groups excluding carboxylic acids is 2. The second-order valence-corrected chi connectivity index (χ2v) is 4.30. The van der Waals surface area contributed by atoms with Gasteiger partial charge in [0.05, 0.1) is 0 Å². The first-order valence-corrected chi connectivity index (χ1v) is 4.50. The number of Topliss-reactive ketones (excluding diaryl/α,β-unsaturated/α-hetero) is 1. The lowest BCUT2D eigenvalue weighted by molar-refractivity contribution is -0.146. The number of carbonyl (C=O) groups is 2. The molecule has 0 aliphatic heterocycles. The molecule has 0 bridgehead atoms. The van der Waals surface area contributed by atoms with Crippen LogP contribution in [0.3, 0.4) is 0 Å². The number of ketones is 1. The molecule has 76 valence electrons. The fraction of sp³-hybridized carbons (Fsp3) is 0.778. The number of nitrogens with zero attached hydrogens (tertiary/aromatic N) is 3. The zero-order valence-electron chi connectivity index (χ0n) is 8.52. The Balaban J connectivity index is 2.77. The molecule has 0 heterocycles. The summed E-state index contributed by atoms with van der Waals surface area (Å²) in [6.07, 6.45) is 0.514. The standard InChI is InChI=1S/C9H13N3O2/c1-5(13)6-4-7(9(6,2)3)8(14)11-12-10/h6-7H,4H2,1-3H3/t6-,7+/m0/s1. The Morgan fingerprint density at radius 2 is 2.00 bits per heavy atom. The average Bonchev–Trinajstić information content (AvgIpc) is 2.02. The van der Waals surface area contributed by atoms with E-state index in [9.17, 15) is 9.59 Å². The van der Waals surface area contributed by atoms with Gasteiger partial charge in [-0.15, -0.1) is 0 Å². The van der Waals surface area contributed by atoms with Crippen molar-refractivity contribution >= 4 is 11.7 Å². The lowest BCUT2D eigenvalue weighted by Crippen LogP contribution is -2.51. The maximum Gasteiger partial charge on any atom is 0.222 e. The fourth-order valence-electron chi connectivity index (χ4n) is 2.15. The van der Waals surface area contributed by atoms with Crippen LogP contribution in [-0.2, 0) is 9.59 Å². The molecule has 14 heavy (non-hydrogen) atoms. The summed E-state index contributed by atoms with van der Waals surface area (Å²) in [7, 11) is 0. The number of hydrogen-bond acceptors (Lipinski definition) is 2. The summed E-state index contributed by atoms with van der Waals surface area (Å²) >= 11 is 0. The van der Waals surface area contributed by atoms with E-state index in [0.29, 0.717) is 6.42 Å². The van der Waals surface area contributed by atoms with Crippen molar-refractivity contribution in [3.05, 3.63) is 10.4 Å². The van der Waals surface area contributed by atoms with Gasteiger partial charge >= 0.3 is 0 Å². The van der Waals surface area contributed by atoms with Gasteiger partial charge in [-0.05, 0) is 29.4 Å². The monoisotopic (exact) mass is 195 g/mol. The molecular weight excluding hydrogens is 182 g/mol. The second kappa shape index (κ2) is 3.42. The van der Waals surface area contributed by atoms with Crippen LogP contribution < -0.4 is 0 Å². The SMILES string of the molecule is CC(=O)[C@@H]1C[C@H](C(=O)N=[N+]=[N-])C1(C)C. The Morgan fingerprint density at radius 1 is 1.43 bits per heavy atom. The molecule has 1 amide bonds. The minimum Gasteiger partial charge on any atom is -0.300 e. The van der Waals surface area contributed by atoms with Gasteiger partial charge < -0.3 is 0 Å². The van der Waals surface area contributed by atoms with Crippen molar-refractivity contribution in [2.45, 2.75) is 27.2 Å². The van der Waals surface area contributed by atoms with Crippen molar-refractivity contribution in [2.75, 3.05) is 0 Å². The highest BCUT2D eigenvalue weighted by atomic mass is 16.2. The van der Waals surface area contributed by atoms with Gasteiger partial charge in [-0.3, -0.25) is 9.59 Å². The first-order chi connectivity index (χ1) is 6.41. The van der Waals surface area contributed by atoms with E-state index in [1.54, 1.807) is 0 Å².